The minimum absolute atomic E-state index is 0.157. The lowest BCUT2D eigenvalue weighted by Gasteiger charge is -2.18. The Bertz CT molecular complexity index is 496. The minimum atomic E-state index is -0.930. The van der Waals surface area contributed by atoms with Crippen LogP contribution in [0.25, 0.3) is 0 Å². The summed E-state index contributed by atoms with van der Waals surface area (Å²) in [7, 11) is -0.930. The van der Waals surface area contributed by atoms with E-state index in [1.54, 1.807) is 11.3 Å². The lowest BCUT2D eigenvalue weighted by Crippen LogP contribution is -2.26. The summed E-state index contributed by atoms with van der Waals surface area (Å²) in [5.41, 5.74) is 1.21. The Labute approximate surface area is 121 Å². The summed E-state index contributed by atoms with van der Waals surface area (Å²) in [5, 5.41) is 5.47. The summed E-state index contributed by atoms with van der Waals surface area (Å²) in [6.07, 6.45) is 1.08. The van der Waals surface area contributed by atoms with Gasteiger partial charge < -0.3 is 5.32 Å². The normalized spacial score (nSPS) is 14.2. The van der Waals surface area contributed by atoms with Gasteiger partial charge in [-0.25, -0.2) is 0 Å². The van der Waals surface area contributed by atoms with E-state index in [9.17, 15) is 4.21 Å². The Morgan fingerprint density at radius 1 is 1.21 bits per heavy atom. The first-order valence-electron chi connectivity index (χ1n) is 6.51. The molecular weight excluding hydrogens is 274 g/mol. The van der Waals surface area contributed by atoms with E-state index in [0.717, 1.165) is 17.2 Å². The minimum Gasteiger partial charge on any atom is -0.309 e. The van der Waals surface area contributed by atoms with E-state index in [0.29, 0.717) is 5.75 Å². The van der Waals surface area contributed by atoms with Crippen LogP contribution >= 0.6 is 11.3 Å². The largest absolute Gasteiger partial charge is 0.309 e. The van der Waals surface area contributed by atoms with Gasteiger partial charge in [0.2, 0.25) is 0 Å². The SMILES string of the molecule is CCCNC(CS(=O)c1cccs1)c1ccccc1. The standard InChI is InChI=1S/C15H19NOS2/c1-2-10-16-14(13-7-4-3-5-8-13)12-19(17)15-9-6-11-18-15/h3-9,11,14,16H,2,10,12H2,1H3. The van der Waals surface area contributed by atoms with Crippen molar-refractivity contribution >= 4 is 22.1 Å². The van der Waals surface area contributed by atoms with Crippen LogP contribution in [0.1, 0.15) is 24.9 Å². The number of hydrogen-bond acceptors (Lipinski definition) is 3. The van der Waals surface area contributed by atoms with Crippen LogP contribution in [-0.2, 0) is 10.8 Å². The second-order valence-electron chi connectivity index (χ2n) is 4.36. The first-order valence-corrected chi connectivity index (χ1v) is 8.71. The Kier molecular flexibility index (Phi) is 5.76. The van der Waals surface area contributed by atoms with Crippen molar-refractivity contribution in [1.29, 1.82) is 0 Å². The molecule has 2 rings (SSSR count). The van der Waals surface area contributed by atoms with Crippen LogP contribution in [0, 0.1) is 0 Å². The van der Waals surface area contributed by atoms with Crippen molar-refractivity contribution in [2.45, 2.75) is 23.6 Å². The first kappa shape index (κ1) is 14.4. The third kappa shape index (κ3) is 4.27. The highest BCUT2D eigenvalue weighted by Gasteiger charge is 2.15. The zero-order valence-corrected chi connectivity index (χ0v) is 12.7. The fourth-order valence-corrected chi connectivity index (χ4v) is 4.16. The summed E-state index contributed by atoms with van der Waals surface area (Å²) in [4.78, 5) is 0. The Balaban J connectivity index is 2.08. The van der Waals surface area contributed by atoms with Crippen molar-refractivity contribution in [3.05, 3.63) is 53.4 Å². The molecule has 0 saturated heterocycles. The average molecular weight is 293 g/mol. The fourth-order valence-electron chi connectivity index (χ4n) is 1.90. The summed E-state index contributed by atoms with van der Waals surface area (Å²) >= 11 is 1.56. The second-order valence-corrected chi connectivity index (χ2v) is 7.03. The van der Waals surface area contributed by atoms with E-state index < -0.39 is 10.8 Å². The predicted molar refractivity (Wildman–Crippen MR) is 83.1 cm³/mol. The van der Waals surface area contributed by atoms with Gasteiger partial charge in [0.05, 0.1) is 15.0 Å². The van der Waals surface area contributed by atoms with Crippen LogP contribution in [0.2, 0.25) is 0 Å². The van der Waals surface area contributed by atoms with Crippen molar-refractivity contribution in [2.24, 2.45) is 0 Å². The molecule has 0 bridgehead atoms. The van der Waals surface area contributed by atoms with E-state index in [4.69, 9.17) is 0 Å². The molecule has 2 aromatic rings. The molecule has 0 saturated carbocycles. The fraction of sp³-hybridized carbons (Fsp3) is 0.333. The molecule has 2 atom stereocenters. The molecule has 102 valence electrons. The van der Waals surface area contributed by atoms with Crippen LogP contribution in [-0.4, -0.2) is 16.5 Å². The van der Waals surface area contributed by atoms with Crippen LogP contribution in [0.5, 0.6) is 0 Å². The number of hydrogen-bond donors (Lipinski definition) is 1. The number of thiophene rings is 1. The third-order valence-electron chi connectivity index (χ3n) is 2.88. The van der Waals surface area contributed by atoms with Crippen molar-refractivity contribution in [1.82, 2.24) is 5.32 Å². The van der Waals surface area contributed by atoms with Gasteiger partial charge in [-0.05, 0) is 30.0 Å². The number of benzene rings is 1. The molecule has 0 aliphatic carbocycles. The maximum atomic E-state index is 12.3. The van der Waals surface area contributed by atoms with Gasteiger partial charge in [-0.15, -0.1) is 11.3 Å². The molecule has 0 aliphatic heterocycles. The van der Waals surface area contributed by atoms with Gasteiger partial charge in [-0.2, -0.15) is 0 Å². The smallest absolute Gasteiger partial charge is 0.0911 e. The van der Waals surface area contributed by atoms with Crippen molar-refractivity contribution in [2.75, 3.05) is 12.3 Å². The molecule has 1 heterocycles. The summed E-state index contributed by atoms with van der Waals surface area (Å²) < 4.78 is 13.3. The van der Waals surface area contributed by atoms with Crippen molar-refractivity contribution in [3.63, 3.8) is 0 Å². The molecule has 1 aromatic carbocycles. The van der Waals surface area contributed by atoms with Crippen LogP contribution in [0.4, 0.5) is 0 Å². The summed E-state index contributed by atoms with van der Waals surface area (Å²) in [6, 6.07) is 14.3. The highest BCUT2D eigenvalue weighted by atomic mass is 32.2. The van der Waals surface area contributed by atoms with Gasteiger partial charge in [-0.1, -0.05) is 43.3 Å². The van der Waals surface area contributed by atoms with Gasteiger partial charge in [0.1, 0.15) is 0 Å². The highest BCUT2D eigenvalue weighted by Crippen LogP contribution is 2.20. The van der Waals surface area contributed by atoms with Gasteiger partial charge in [-0.3, -0.25) is 4.21 Å². The lowest BCUT2D eigenvalue weighted by atomic mass is 10.1. The van der Waals surface area contributed by atoms with E-state index in [2.05, 4.69) is 24.4 Å². The highest BCUT2D eigenvalue weighted by molar-refractivity contribution is 7.87. The van der Waals surface area contributed by atoms with Gasteiger partial charge in [0, 0.05) is 11.8 Å². The molecule has 1 aromatic heterocycles. The van der Waals surface area contributed by atoms with E-state index in [-0.39, 0.29) is 6.04 Å². The van der Waals surface area contributed by atoms with Crippen LogP contribution in [0.15, 0.2) is 52.1 Å². The monoisotopic (exact) mass is 293 g/mol. The molecule has 0 fully saturated rings. The molecule has 2 unspecified atom stereocenters. The van der Waals surface area contributed by atoms with Gasteiger partial charge in [0.15, 0.2) is 0 Å². The predicted octanol–water partition coefficient (Wildman–Crippen LogP) is 3.60. The van der Waals surface area contributed by atoms with Crippen LogP contribution < -0.4 is 5.32 Å². The maximum absolute atomic E-state index is 12.3. The zero-order valence-electron chi connectivity index (χ0n) is 11.0. The Morgan fingerprint density at radius 2 is 2.00 bits per heavy atom. The van der Waals surface area contributed by atoms with Crippen molar-refractivity contribution in [3.8, 4) is 0 Å². The van der Waals surface area contributed by atoms with Crippen molar-refractivity contribution < 1.29 is 4.21 Å². The third-order valence-corrected chi connectivity index (χ3v) is 5.61. The van der Waals surface area contributed by atoms with Gasteiger partial charge >= 0.3 is 0 Å². The quantitative estimate of drug-likeness (QED) is 0.845. The molecule has 2 nitrogen and oxygen atoms in total. The first-order chi connectivity index (χ1) is 9.31. The lowest BCUT2D eigenvalue weighted by molar-refractivity contribution is 0.570. The number of rotatable bonds is 7. The zero-order chi connectivity index (χ0) is 13.5. The summed E-state index contributed by atoms with van der Waals surface area (Å²) in [5.74, 6) is 0.629. The molecule has 19 heavy (non-hydrogen) atoms. The Morgan fingerprint density at radius 3 is 2.63 bits per heavy atom. The van der Waals surface area contributed by atoms with Crippen LogP contribution in [0.3, 0.4) is 0 Å². The molecule has 0 spiro atoms. The van der Waals surface area contributed by atoms with E-state index in [1.165, 1.54) is 5.56 Å². The average Bonchev–Trinajstić information content (AvgIpc) is 2.98. The molecule has 1 N–H and O–H groups in total. The summed E-state index contributed by atoms with van der Waals surface area (Å²) in [6.45, 7) is 3.09. The molecule has 0 aliphatic rings. The molecule has 0 amide bonds. The molecule has 4 heteroatoms. The maximum Gasteiger partial charge on any atom is 0.0911 e. The number of nitrogens with one attached hydrogen (secondary N) is 1. The van der Waals surface area contributed by atoms with Gasteiger partial charge in [0.25, 0.3) is 0 Å². The van der Waals surface area contributed by atoms with E-state index >= 15 is 0 Å². The molecular formula is C15H19NOS2. The second kappa shape index (κ2) is 7.58. The topological polar surface area (TPSA) is 29.1 Å². The van der Waals surface area contributed by atoms with E-state index in [1.807, 2.05) is 35.7 Å². The molecule has 0 radical (unpaired) electrons. The Hall–Kier alpha value is -0.970.